The third kappa shape index (κ3) is 5.83. The molecule has 0 spiro atoms. The summed E-state index contributed by atoms with van der Waals surface area (Å²) in [5, 5.41) is 14.8. The van der Waals surface area contributed by atoms with Crippen molar-refractivity contribution in [3.8, 4) is 0 Å². The molecular formula is C19H21N5O3S2. The summed E-state index contributed by atoms with van der Waals surface area (Å²) >= 11 is 5.27. The zero-order valence-electron chi connectivity index (χ0n) is 15.5. The van der Waals surface area contributed by atoms with Crippen molar-refractivity contribution in [1.29, 1.82) is 0 Å². The zero-order chi connectivity index (χ0) is 20.9. The van der Waals surface area contributed by atoms with Gasteiger partial charge in [0, 0.05) is 6.54 Å². The van der Waals surface area contributed by atoms with Crippen molar-refractivity contribution in [3.63, 3.8) is 0 Å². The highest BCUT2D eigenvalue weighted by Crippen LogP contribution is 2.09. The van der Waals surface area contributed by atoms with E-state index in [9.17, 15) is 13.2 Å². The molecular weight excluding hydrogens is 410 g/mol. The van der Waals surface area contributed by atoms with Gasteiger partial charge in [-0.1, -0.05) is 42.5 Å². The first-order valence-electron chi connectivity index (χ1n) is 8.89. The number of amides is 1. The molecule has 0 aliphatic heterocycles. The number of sulfonamides is 1. The van der Waals surface area contributed by atoms with Crippen molar-refractivity contribution in [1.82, 2.24) is 20.1 Å². The lowest BCUT2D eigenvalue weighted by atomic mass is 10.1. The number of hydrogen-bond donors (Lipinski definition) is 3. The maximum Gasteiger partial charge on any atom is 0.238 e. The molecule has 0 unspecified atom stereocenters. The van der Waals surface area contributed by atoms with Gasteiger partial charge in [0.2, 0.25) is 15.9 Å². The predicted octanol–water partition coefficient (Wildman–Crippen LogP) is 1.54. The van der Waals surface area contributed by atoms with E-state index < -0.39 is 10.0 Å². The van der Waals surface area contributed by atoms with E-state index in [1.165, 1.54) is 12.1 Å². The summed E-state index contributed by atoms with van der Waals surface area (Å²) in [6.45, 7) is 0.951. The Labute approximate surface area is 173 Å². The lowest BCUT2D eigenvalue weighted by Gasteiger charge is -2.08. The molecule has 0 fully saturated rings. The minimum absolute atomic E-state index is 0.0616. The van der Waals surface area contributed by atoms with E-state index in [-0.39, 0.29) is 17.2 Å². The highest BCUT2D eigenvalue weighted by Gasteiger charge is 2.12. The average molecular weight is 432 g/mol. The predicted molar refractivity (Wildman–Crippen MR) is 111 cm³/mol. The van der Waals surface area contributed by atoms with Gasteiger partial charge in [0.25, 0.3) is 0 Å². The molecule has 29 heavy (non-hydrogen) atoms. The fraction of sp³-hybridized carbons (Fsp3) is 0.211. The summed E-state index contributed by atoms with van der Waals surface area (Å²) in [6, 6.07) is 16.1. The van der Waals surface area contributed by atoms with Crippen molar-refractivity contribution in [2.75, 3.05) is 6.54 Å². The van der Waals surface area contributed by atoms with Gasteiger partial charge in [-0.25, -0.2) is 13.6 Å². The van der Waals surface area contributed by atoms with Crippen LogP contribution in [-0.2, 0) is 34.2 Å². The normalized spacial score (nSPS) is 11.3. The number of H-pyrrole nitrogens is 1. The molecule has 8 nitrogen and oxygen atoms in total. The molecule has 0 saturated heterocycles. The zero-order valence-corrected chi connectivity index (χ0v) is 17.2. The van der Waals surface area contributed by atoms with E-state index in [1.807, 2.05) is 30.3 Å². The van der Waals surface area contributed by atoms with E-state index in [0.29, 0.717) is 30.1 Å². The smallest absolute Gasteiger partial charge is 0.238 e. The van der Waals surface area contributed by atoms with Crippen LogP contribution >= 0.6 is 12.2 Å². The van der Waals surface area contributed by atoms with Crippen LogP contribution in [0.25, 0.3) is 0 Å². The van der Waals surface area contributed by atoms with Crippen LogP contribution in [0, 0.1) is 4.77 Å². The van der Waals surface area contributed by atoms with Gasteiger partial charge in [-0.15, -0.1) is 0 Å². The maximum absolute atomic E-state index is 12.3. The fourth-order valence-corrected chi connectivity index (χ4v) is 3.54. The van der Waals surface area contributed by atoms with Crippen molar-refractivity contribution in [2.45, 2.75) is 24.3 Å². The van der Waals surface area contributed by atoms with Crippen molar-refractivity contribution >= 4 is 28.1 Å². The Balaban J connectivity index is 1.54. The molecule has 0 saturated carbocycles. The number of rotatable bonds is 8. The van der Waals surface area contributed by atoms with Gasteiger partial charge < -0.3 is 5.32 Å². The van der Waals surface area contributed by atoms with E-state index in [2.05, 4.69) is 15.5 Å². The summed E-state index contributed by atoms with van der Waals surface area (Å²) in [7, 11) is -3.70. The van der Waals surface area contributed by atoms with Crippen LogP contribution in [0.3, 0.4) is 0 Å². The van der Waals surface area contributed by atoms with Crippen LogP contribution in [0.5, 0.6) is 0 Å². The van der Waals surface area contributed by atoms with Crippen LogP contribution in [0.4, 0.5) is 0 Å². The first-order valence-corrected chi connectivity index (χ1v) is 10.8. The number of hydrogen-bond acceptors (Lipinski definition) is 5. The molecule has 0 radical (unpaired) electrons. The number of nitrogens with one attached hydrogen (secondary N) is 2. The second kappa shape index (κ2) is 9.12. The minimum Gasteiger partial charge on any atom is -0.355 e. The number of carbonyl (C=O) groups is 1. The third-order valence-electron chi connectivity index (χ3n) is 4.33. The number of nitrogens with two attached hydrogens (primary N) is 1. The van der Waals surface area contributed by atoms with Crippen molar-refractivity contribution < 1.29 is 13.2 Å². The van der Waals surface area contributed by atoms with Crippen LogP contribution < -0.4 is 10.5 Å². The summed E-state index contributed by atoms with van der Waals surface area (Å²) in [4.78, 5) is 12.4. The third-order valence-corrected chi connectivity index (χ3v) is 5.57. The molecule has 0 aliphatic carbocycles. The summed E-state index contributed by atoms with van der Waals surface area (Å²) in [5.41, 5.74) is 1.96. The molecule has 3 aromatic rings. The largest absolute Gasteiger partial charge is 0.355 e. The van der Waals surface area contributed by atoms with Gasteiger partial charge in [-0.3, -0.25) is 14.5 Å². The lowest BCUT2D eigenvalue weighted by Crippen LogP contribution is -2.28. The lowest BCUT2D eigenvalue weighted by molar-refractivity contribution is -0.120. The number of carbonyl (C=O) groups excluding carboxylic acids is 1. The minimum atomic E-state index is -3.70. The Kier molecular flexibility index (Phi) is 6.57. The molecule has 0 aliphatic rings. The molecule has 2 aromatic carbocycles. The number of nitrogens with zero attached hydrogens (tertiary/aromatic N) is 2. The topological polar surface area (TPSA) is 123 Å². The highest BCUT2D eigenvalue weighted by molar-refractivity contribution is 7.89. The van der Waals surface area contributed by atoms with Crippen molar-refractivity contribution in [3.05, 3.63) is 76.3 Å². The molecule has 1 aromatic heterocycles. The van der Waals surface area contributed by atoms with Gasteiger partial charge in [0.15, 0.2) is 4.77 Å². The Morgan fingerprint density at radius 2 is 1.79 bits per heavy atom. The van der Waals surface area contributed by atoms with E-state index in [4.69, 9.17) is 17.4 Å². The molecule has 4 N–H and O–H groups in total. The van der Waals surface area contributed by atoms with Crippen LogP contribution in [0.2, 0.25) is 0 Å². The first kappa shape index (κ1) is 20.9. The Morgan fingerprint density at radius 3 is 2.45 bits per heavy atom. The second-order valence-corrected chi connectivity index (χ2v) is 8.43. The summed E-state index contributed by atoms with van der Waals surface area (Å²) < 4.78 is 24.8. The molecule has 1 heterocycles. The van der Waals surface area contributed by atoms with Crippen LogP contribution in [-0.4, -0.2) is 35.6 Å². The van der Waals surface area contributed by atoms with Crippen LogP contribution in [0.15, 0.2) is 59.5 Å². The van der Waals surface area contributed by atoms with Crippen LogP contribution in [0.1, 0.15) is 17.0 Å². The quantitative estimate of drug-likeness (QED) is 0.467. The van der Waals surface area contributed by atoms with Gasteiger partial charge >= 0.3 is 0 Å². The Morgan fingerprint density at radius 1 is 1.10 bits per heavy atom. The number of benzene rings is 2. The molecule has 0 bridgehead atoms. The van der Waals surface area contributed by atoms with Crippen molar-refractivity contribution in [2.24, 2.45) is 5.14 Å². The first-order chi connectivity index (χ1) is 13.8. The Hall–Kier alpha value is -2.82. The summed E-state index contributed by atoms with van der Waals surface area (Å²) in [5.74, 6) is 0.392. The number of primary sulfonamides is 1. The van der Waals surface area contributed by atoms with E-state index in [1.54, 1.807) is 16.7 Å². The second-order valence-electron chi connectivity index (χ2n) is 6.48. The molecule has 152 valence electrons. The highest BCUT2D eigenvalue weighted by atomic mass is 32.2. The van der Waals surface area contributed by atoms with Gasteiger partial charge in [0.1, 0.15) is 5.82 Å². The fourth-order valence-electron chi connectivity index (χ4n) is 2.81. The number of aromatic amines is 1. The standard InChI is InChI=1S/C19H21N5O3S2/c20-29(26,27)16-8-6-14(7-9-16)10-11-21-18(25)12-17-22-23-19(28)24(17)13-15-4-2-1-3-5-15/h1-9H,10-13H2,(H,21,25)(H,23,28)(H2,20,26,27). The summed E-state index contributed by atoms with van der Waals surface area (Å²) in [6.07, 6.45) is 0.665. The monoisotopic (exact) mass is 431 g/mol. The average Bonchev–Trinajstić information content (AvgIpc) is 3.02. The van der Waals surface area contributed by atoms with E-state index >= 15 is 0 Å². The van der Waals surface area contributed by atoms with Gasteiger partial charge in [0.05, 0.1) is 17.9 Å². The molecule has 0 atom stereocenters. The molecule has 10 heteroatoms. The molecule has 3 rings (SSSR count). The maximum atomic E-state index is 12.3. The molecule has 1 amide bonds. The SMILES string of the molecule is NS(=O)(=O)c1ccc(CCNC(=O)Cc2n[nH]c(=S)n2Cc2ccccc2)cc1. The van der Waals surface area contributed by atoms with Gasteiger partial charge in [-0.05, 0) is 41.9 Å². The Bertz CT molecular complexity index is 1140. The van der Waals surface area contributed by atoms with Gasteiger partial charge in [-0.2, -0.15) is 5.10 Å². The number of aromatic nitrogens is 3. The van der Waals surface area contributed by atoms with E-state index in [0.717, 1.165) is 11.1 Å².